The summed E-state index contributed by atoms with van der Waals surface area (Å²) in [5.41, 5.74) is 1.77. The number of aryl methyl sites for hydroxylation is 1. The molecule has 0 bridgehead atoms. The Hall–Kier alpha value is -2.98. The van der Waals surface area contributed by atoms with Gasteiger partial charge < -0.3 is 14.8 Å². The fourth-order valence-electron chi connectivity index (χ4n) is 2.77. The third-order valence-electron chi connectivity index (χ3n) is 4.29. The standard InChI is InChI=1S/C23H30N2O7/c1-23(2,3)32-22(27)24-20(14-13-17-7-5-4-6-8-17)21(26)30-15-18-9-11-19(12-10-18)16-31-25(28)29/h4-12,20,28-29H,13-16H2,1-3H3,(H,24,27). The number of carbonyl (C=O) groups excluding carboxylic acids is 2. The summed E-state index contributed by atoms with van der Waals surface area (Å²) in [6.07, 6.45) is 0.258. The number of benzene rings is 2. The zero-order valence-corrected chi connectivity index (χ0v) is 18.5. The van der Waals surface area contributed by atoms with E-state index in [0.717, 1.165) is 11.1 Å². The Morgan fingerprint density at radius 2 is 1.53 bits per heavy atom. The molecule has 2 aromatic carbocycles. The Labute approximate surface area is 187 Å². The monoisotopic (exact) mass is 446 g/mol. The van der Waals surface area contributed by atoms with Crippen molar-refractivity contribution >= 4 is 12.1 Å². The molecule has 32 heavy (non-hydrogen) atoms. The van der Waals surface area contributed by atoms with Gasteiger partial charge in [-0.1, -0.05) is 54.6 Å². The predicted octanol–water partition coefficient (Wildman–Crippen LogP) is 3.77. The number of nitrogens with zero attached hydrogens (tertiary/aromatic N) is 1. The maximum absolute atomic E-state index is 12.7. The maximum atomic E-state index is 12.7. The van der Waals surface area contributed by atoms with Crippen molar-refractivity contribution in [1.29, 1.82) is 0 Å². The fraction of sp³-hybridized carbons (Fsp3) is 0.391. The van der Waals surface area contributed by atoms with Gasteiger partial charge in [0.1, 0.15) is 18.2 Å². The van der Waals surface area contributed by atoms with Crippen LogP contribution in [0, 0.1) is 0 Å². The molecular formula is C23H30N2O7. The highest BCUT2D eigenvalue weighted by Gasteiger charge is 2.25. The van der Waals surface area contributed by atoms with Crippen LogP contribution in [0.4, 0.5) is 4.79 Å². The molecule has 0 aliphatic heterocycles. The lowest BCUT2D eigenvalue weighted by molar-refractivity contribution is -0.497. The molecular weight excluding hydrogens is 416 g/mol. The number of esters is 1. The number of rotatable bonds is 10. The summed E-state index contributed by atoms with van der Waals surface area (Å²) in [5.74, 6) is -0.560. The van der Waals surface area contributed by atoms with Gasteiger partial charge in [0.2, 0.25) is 0 Å². The fourth-order valence-corrected chi connectivity index (χ4v) is 2.77. The molecule has 1 atom stereocenters. The summed E-state index contributed by atoms with van der Waals surface area (Å²) >= 11 is 0. The Balaban J connectivity index is 1.95. The van der Waals surface area contributed by atoms with Crippen LogP contribution >= 0.6 is 0 Å². The first-order valence-corrected chi connectivity index (χ1v) is 10.2. The molecule has 0 saturated carbocycles. The minimum Gasteiger partial charge on any atom is -0.459 e. The molecule has 2 aromatic rings. The number of hydrogen-bond acceptors (Lipinski definition) is 8. The molecule has 0 aliphatic rings. The van der Waals surface area contributed by atoms with Gasteiger partial charge in [-0.05, 0) is 50.3 Å². The summed E-state index contributed by atoms with van der Waals surface area (Å²) in [4.78, 5) is 29.5. The molecule has 2 rings (SSSR count). The first kappa shape index (κ1) is 25.3. The molecule has 3 N–H and O–H groups in total. The summed E-state index contributed by atoms with van der Waals surface area (Å²) in [6, 6.07) is 15.7. The third-order valence-corrected chi connectivity index (χ3v) is 4.29. The minimum absolute atomic E-state index is 0.0178. The van der Waals surface area contributed by atoms with Gasteiger partial charge in [0, 0.05) is 0 Å². The summed E-state index contributed by atoms with van der Waals surface area (Å²) in [5, 5.41) is 19.4. The normalized spacial score (nSPS) is 12.3. The number of amides is 1. The van der Waals surface area contributed by atoms with E-state index in [1.165, 1.54) is 0 Å². The Bertz CT molecular complexity index is 849. The zero-order chi connectivity index (χ0) is 23.6. The van der Waals surface area contributed by atoms with Crippen LogP contribution in [0.25, 0.3) is 0 Å². The Morgan fingerprint density at radius 1 is 0.938 bits per heavy atom. The predicted molar refractivity (Wildman–Crippen MR) is 114 cm³/mol. The molecule has 1 unspecified atom stereocenters. The molecule has 0 spiro atoms. The van der Waals surface area contributed by atoms with E-state index in [1.54, 1.807) is 45.0 Å². The van der Waals surface area contributed by atoms with Gasteiger partial charge in [-0.25, -0.2) is 14.4 Å². The molecule has 0 aliphatic carbocycles. The molecule has 9 nitrogen and oxygen atoms in total. The van der Waals surface area contributed by atoms with E-state index in [1.807, 2.05) is 30.3 Å². The van der Waals surface area contributed by atoms with Gasteiger partial charge in [-0.3, -0.25) is 10.4 Å². The smallest absolute Gasteiger partial charge is 0.408 e. The second kappa shape index (κ2) is 12.2. The van der Waals surface area contributed by atoms with Gasteiger partial charge in [-0.2, -0.15) is 0 Å². The second-order valence-electron chi connectivity index (χ2n) is 8.17. The largest absolute Gasteiger partial charge is 0.459 e. The Kier molecular flexibility index (Phi) is 9.61. The quantitative estimate of drug-likeness (QED) is 0.373. The Morgan fingerprint density at radius 3 is 2.09 bits per heavy atom. The van der Waals surface area contributed by atoms with E-state index in [4.69, 9.17) is 19.9 Å². The van der Waals surface area contributed by atoms with Crippen molar-refractivity contribution in [2.24, 2.45) is 0 Å². The topological polar surface area (TPSA) is 118 Å². The van der Waals surface area contributed by atoms with E-state index in [2.05, 4.69) is 10.2 Å². The van der Waals surface area contributed by atoms with Gasteiger partial charge in [-0.15, -0.1) is 0 Å². The van der Waals surface area contributed by atoms with E-state index in [9.17, 15) is 9.59 Å². The lowest BCUT2D eigenvalue weighted by Gasteiger charge is -2.23. The van der Waals surface area contributed by atoms with E-state index in [-0.39, 0.29) is 18.6 Å². The zero-order valence-electron chi connectivity index (χ0n) is 18.5. The van der Waals surface area contributed by atoms with E-state index in [0.29, 0.717) is 18.4 Å². The van der Waals surface area contributed by atoms with Crippen molar-refractivity contribution in [3.8, 4) is 0 Å². The van der Waals surface area contributed by atoms with Crippen LogP contribution in [0.5, 0.6) is 0 Å². The van der Waals surface area contributed by atoms with Gasteiger partial charge >= 0.3 is 12.1 Å². The number of nitrogens with one attached hydrogen (secondary N) is 1. The van der Waals surface area contributed by atoms with Crippen LogP contribution in [0.3, 0.4) is 0 Å². The average Bonchev–Trinajstić information content (AvgIpc) is 2.73. The highest BCUT2D eigenvalue weighted by atomic mass is 17.1. The van der Waals surface area contributed by atoms with Crippen molar-refractivity contribution < 1.29 is 34.3 Å². The van der Waals surface area contributed by atoms with Crippen LogP contribution in [-0.2, 0) is 38.7 Å². The number of alkyl carbamates (subject to hydrolysis) is 1. The van der Waals surface area contributed by atoms with Gasteiger partial charge in [0.15, 0.2) is 0 Å². The van der Waals surface area contributed by atoms with Crippen molar-refractivity contribution in [3.05, 3.63) is 71.3 Å². The van der Waals surface area contributed by atoms with E-state index >= 15 is 0 Å². The lowest BCUT2D eigenvalue weighted by atomic mass is 10.1. The van der Waals surface area contributed by atoms with Gasteiger partial charge in [0.05, 0.1) is 12.0 Å². The molecule has 1 amide bonds. The summed E-state index contributed by atoms with van der Waals surface area (Å²) < 4.78 is 10.7. The highest BCUT2D eigenvalue weighted by Crippen LogP contribution is 2.12. The maximum Gasteiger partial charge on any atom is 0.408 e. The molecule has 0 fully saturated rings. The molecule has 0 saturated heterocycles. The molecule has 9 heteroatoms. The van der Waals surface area contributed by atoms with Crippen molar-refractivity contribution in [1.82, 2.24) is 10.7 Å². The first-order chi connectivity index (χ1) is 15.1. The van der Waals surface area contributed by atoms with Crippen molar-refractivity contribution in [3.63, 3.8) is 0 Å². The van der Waals surface area contributed by atoms with Crippen LogP contribution in [-0.4, -0.2) is 39.5 Å². The second-order valence-corrected chi connectivity index (χ2v) is 8.17. The minimum atomic E-state index is -0.863. The van der Waals surface area contributed by atoms with Crippen molar-refractivity contribution in [2.75, 3.05) is 0 Å². The van der Waals surface area contributed by atoms with Crippen LogP contribution in [0.2, 0.25) is 0 Å². The lowest BCUT2D eigenvalue weighted by Crippen LogP contribution is -2.44. The van der Waals surface area contributed by atoms with Crippen molar-refractivity contribution in [2.45, 2.75) is 58.5 Å². The summed E-state index contributed by atoms with van der Waals surface area (Å²) in [6.45, 7) is 5.23. The molecule has 0 aromatic heterocycles. The number of carbonyl (C=O) groups is 2. The number of ether oxygens (including phenoxy) is 2. The number of hydrogen-bond donors (Lipinski definition) is 3. The average molecular weight is 447 g/mol. The molecule has 174 valence electrons. The molecule has 0 heterocycles. The summed E-state index contributed by atoms with van der Waals surface area (Å²) in [7, 11) is 0. The van der Waals surface area contributed by atoms with Gasteiger partial charge in [0.25, 0.3) is 0 Å². The first-order valence-electron chi connectivity index (χ1n) is 10.2. The van der Waals surface area contributed by atoms with Crippen LogP contribution < -0.4 is 5.32 Å². The highest BCUT2D eigenvalue weighted by molar-refractivity contribution is 5.81. The third kappa shape index (κ3) is 9.88. The van der Waals surface area contributed by atoms with Crippen LogP contribution in [0.1, 0.15) is 43.9 Å². The van der Waals surface area contributed by atoms with E-state index < -0.39 is 23.7 Å². The SMILES string of the molecule is CC(C)(C)OC(=O)NC(CCc1ccccc1)C(=O)OCc1ccc(CON(O)O)cc1. The molecule has 0 radical (unpaired) electrons. The van der Waals surface area contributed by atoms with Crippen LogP contribution in [0.15, 0.2) is 54.6 Å².